The summed E-state index contributed by atoms with van der Waals surface area (Å²) < 4.78 is 5.08. The van der Waals surface area contributed by atoms with Crippen LogP contribution in [-0.4, -0.2) is 37.6 Å². The van der Waals surface area contributed by atoms with Crippen molar-refractivity contribution in [2.24, 2.45) is 0 Å². The van der Waals surface area contributed by atoms with Gasteiger partial charge in [0.25, 0.3) is 5.91 Å². The van der Waals surface area contributed by atoms with Crippen LogP contribution in [0.5, 0.6) is 0 Å². The number of amides is 1. The lowest BCUT2D eigenvalue weighted by Crippen LogP contribution is -2.55. The molecule has 168 valence electrons. The third-order valence-electron chi connectivity index (χ3n) is 5.72. The molecule has 1 aromatic carbocycles. The monoisotopic (exact) mass is 443 g/mol. The molecule has 1 aliphatic rings. The Labute approximate surface area is 189 Å². The maximum Gasteiger partial charge on any atom is 0.341 e. The number of anilines is 2. The maximum absolute atomic E-state index is 13.0. The highest BCUT2D eigenvalue weighted by atomic mass is 32.1. The van der Waals surface area contributed by atoms with E-state index in [1.807, 2.05) is 24.3 Å². The average molecular weight is 444 g/mol. The minimum atomic E-state index is -0.418. The quantitative estimate of drug-likeness (QED) is 0.628. The first kappa shape index (κ1) is 23.3. The van der Waals surface area contributed by atoms with E-state index in [-0.39, 0.29) is 17.0 Å². The molecule has 0 aliphatic carbocycles. The van der Waals surface area contributed by atoms with Crippen molar-refractivity contribution >= 4 is 33.9 Å². The summed E-state index contributed by atoms with van der Waals surface area (Å²) in [6.45, 7) is 14.5. The van der Waals surface area contributed by atoms with Crippen LogP contribution in [0.3, 0.4) is 0 Å². The second kappa shape index (κ2) is 8.63. The first-order valence-corrected chi connectivity index (χ1v) is 11.5. The van der Waals surface area contributed by atoms with Crippen LogP contribution in [0, 0.1) is 0 Å². The van der Waals surface area contributed by atoms with E-state index in [1.165, 1.54) is 18.4 Å². The lowest BCUT2D eigenvalue weighted by molar-refractivity contribution is 0.0600. The van der Waals surface area contributed by atoms with Gasteiger partial charge in [-0.15, -0.1) is 11.3 Å². The molecule has 1 amide bonds. The minimum absolute atomic E-state index is 0.179. The summed E-state index contributed by atoms with van der Waals surface area (Å²) in [5.41, 5.74) is 2.56. The zero-order valence-electron chi connectivity index (χ0n) is 19.5. The molecule has 0 spiro atoms. The van der Waals surface area contributed by atoms with Gasteiger partial charge in [0.15, 0.2) is 0 Å². The Balaban J connectivity index is 1.95. The van der Waals surface area contributed by atoms with E-state index in [0.717, 1.165) is 29.2 Å². The van der Waals surface area contributed by atoms with E-state index in [9.17, 15) is 9.59 Å². The summed E-state index contributed by atoms with van der Waals surface area (Å²) >= 11 is 1.45. The van der Waals surface area contributed by atoms with Gasteiger partial charge in [0.2, 0.25) is 0 Å². The Bertz CT molecular complexity index is 973. The third kappa shape index (κ3) is 4.62. The molecular formula is C24H33N3O3S. The second-order valence-electron chi connectivity index (χ2n) is 9.09. The highest BCUT2D eigenvalue weighted by molar-refractivity contribution is 7.17. The number of hydrogen-bond donors (Lipinski definition) is 2. The highest BCUT2D eigenvalue weighted by Gasteiger charge is 2.42. The molecule has 3 rings (SSSR count). The van der Waals surface area contributed by atoms with Crippen molar-refractivity contribution in [3.63, 3.8) is 0 Å². The number of benzene rings is 1. The first-order chi connectivity index (χ1) is 14.5. The molecule has 0 saturated carbocycles. The molecule has 7 heteroatoms. The van der Waals surface area contributed by atoms with Crippen molar-refractivity contribution in [1.82, 2.24) is 5.32 Å². The molecule has 1 aromatic heterocycles. The fraction of sp³-hybridized carbons (Fsp3) is 0.500. The first-order valence-electron chi connectivity index (χ1n) is 10.7. The zero-order chi connectivity index (χ0) is 23.0. The van der Waals surface area contributed by atoms with Gasteiger partial charge in [-0.2, -0.15) is 0 Å². The Hall–Kier alpha value is -2.38. The average Bonchev–Trinajstić information content (AvgIpc) is 3.05. The number of fused-ring (bicyclic) bond motifs is 1. The molecule has 2 N–H and O–H groups in total. The fourth-order valence-electron chi connectivity index (χ4n) is 4.52. The molecular weight excluding hydrogens is 410 g/mol. The normalized spacial score (nSPS) is 16.4. The molecule has 0 radical (unpaired) electrons. The Kier molecular flexibility index (Phi) is 6.48. The van der Waals surface area contributed by atoms with E-state index in [1.54, 1.807) is 0 Å². The van der Waals surface area contributed by atoms with Gasteiger partial charge in [0.05, 0.1) is 12.7 Å². The van der Waals surface area contributed by atoms with Gasteiger partial charge in [0.1, 0.15) is 5.00 Å². The number of hydrogen-bond acceptors (Lipinski definition) is 6. The topological polar surface area (TPSA) is 70.7 Å². The van der Waals surface area contributed by atoms with Crippen molar-refractivity contribution in [2.45, 2.75) is 59.0 Å². The molecule has 31 heavy (non-hydrogen) atoms. The fourth-order valence-corrected chi connectivity index (χ4v) is 5.78. The minimum Gasteiger partial charge on any atom is -0.465 e. The predicted octanol–water partition coefficient (Wildman–Crippen LogP) is 4.79. The van der Waals surface area contributed by atoms with Crippen LogP contribution >= 0.6 is 11.3 Å². The summed E-state index contributed by atoms with van der Waals surface area (Å²) in [5, 5.41) is 7.16. The van der Waals surface area contributed by atoms with E-state index in [4.69, 9.17) is 4.74 Å². The van der Waals surface area contributed by atoms with Crippen molar-refractivity contribution in [3.05, 3.63) is 45.8 Å². The van der Waals surface area contributed by atoms with E-state index in [0.29, 0.717) is 22.5 Å². The number of esters is 1. The van der Waals surface area contributed by atoms with Crippen molar-refractivity contribution in [3.8, 4) is 0 Å². The Morgan fingerprint density at radius 3 is 2.29 bits per heavy atom. The Morgan fingerprint density at radius 1 is 1.13 bits per heavy atom. The number of rotatable bonds is 6. The Morgan fingerprint density at radius 2 is 1.74 bits per heavy atom. The SMILES string of the molecule is CCN(CC)c1ccc(C(=O)Nc2sc3c(c2C(=O)OC)CC(C)(C)NC3(C)C)cc1. The summed E-state index contributed by atoms with van der Waals surface area (Å²) in [7, 11) is 1.38. The van der Waals surface area contributed by atoms with Gasteiger partial charge in [-0.05, 0) is 77.8 Å². The molecule has 0 bridgehead atoms. The van der Waals surface area contributed by atoms with E-state index < -0.39 is 5.97 Å². The standard InChI is InChI=1S/C24H33N3O3S/c1-8-27(9-2)16-12-10-15(11-13-16)20(28)25-21-18(22(29)30-7)17-14-23(3,4)26-24(5,6)19(17)31-21/h10-13,26H,8-9,14H2,1-7H3,(H,25,28). The second-order valence-corrected chi connectivity index (χ2v) is 10.1. The number of nitrogens with zero attached hydrogens (tertiary/aromatic N) is 1. The van der Waals surface area contributed by atoms with Crippen molar-refractivity contribution < 1.29 is 14.3 Å². The van der Waals surface area contributed by atoms with Gasteiger partial charge < -0.3 is 20.3 Å². The van der Waals surface area contributed by atoms with Crippen LogP contribution in [-0.2, 0) is 16.7 Å². The maximum atomic E-state index is 13.0. The molecule has 1 aliphatic heterocycles. The van der Waals surface area contributed by atoms with Gasteiger partial charge in [0, 0.05) is 40.3 Å². The number of carbonyl (C=O) groups excluding carboxylic acids is 2. The van der Waals surface area contributed by atoms with E-state index >= 15 is 0 Å². The molecule has 0 atom stereocenters. The summed E-state index contributed by atoms with van der Waals surface area (Å²) in [6.07, 6.45) is 0.682. The van der Waals surface area contributed by atoms with Crippen LogP contribution in [0.2, 0.25) is 0 Å². The lowest BCUT2D eigenvalue weighted by Gasteiger charge is -2.42. The molecule has 2 aromatic rings. The lowest BCUT2D eigenvalue weighted by atomic mass is 9.81. The van der Waals surface area contributed by atoms with Crippen LogP contribution < -0.4 is 15.5 Å². The summed E-state index contributed by atoms with van der Waals surface area (Å²) in [5.74, 6) is -0.655. The van der Waals surface area contributed by atoms with Crippen molar-refractivity contribution in [2.75, 3.05) is 30.4 Å². The van der Waals surface area contributed by atoms with E-state index in [2.05, 4.69) is 57.1 Å². The number of ether oxygens (including phenoxy) is 1. The van der Waals surface area contributed by atoms with Gasteiger partial charge in [-0.25, -0.2) is 4.79 Å². The summed E-state index contributed by atoms with van der Waals surface area (Å²) in [6, 6.07) is 7.56. The number of methoxy groups -OCH3 is 1. The van der Waals surface area contributed by atoms with Gasteiger partial charge in [-0.3, -0.25) is 4.79 Å². The van der Waals surface area contributed by atoms with Gasteiger partial charge >= 0.3 is 5.97 Å². The largest absolute Gasteiger partial charge is 0.465 e. The molecule has 2 heterocycles. The highest BCUT2D eigenvalue weighted by Crippen LogP contribution is 2.45. The molecule has 6 nitrogen and oxygen atoms in total. The summed E-state index contributed by atoms with van der Waals surface area (Å²) in [4.78, 5) is 29.0. The van der Waals surface area contributed by atoms with Crippen LogP contribution in [0.25, 0.3) is 0 Å². The predicted molar refractivity (Wildman–Crippen MR) is 128 cm³/mol. The van der Waals surface area contributed by atoms with Crippen LogP contribution in [0.15, 0.2) is 24.3 Å². The third-order valence-corrected chi connectivity index (χ3v) is 7.19. The molecule has 0 fully saturated rings. The number of nitrogens with one attached hydrogen (secondary N) is 2. The van der Waals surface area contributed by atoms with Crippen LogP contribution in [0.4, 0.5) is 10.7 Å². The number of carbonyl (C=O) groups is 2. The van der Waals surface area contributed by atoms with Gasteiger partial charge in [-0.1, -0.05) is 0 Å². The number of thiophene rings is 1. The molecule has 0 saturated heterocycles. The zero-order valence-corrected chi connectivity index (χ0v) is 20.3. The molecule has 0 unspecified atom stereocenters. The van der Waals surface area contributed by atoms with Crippen LogP contribution in [0.1, 0.15) is 72.7 Å². The smallest absolute Gasteiger partial charge is 0.341 e. The van der Waals surface area contributed by atoms with Crippen molar-refractivity contribution in [1.29, 1.82) is 0 Å².